The number of nitrogens with one attached hydrogen (secondary N) is 1. The lowest BCUT2D eigenvalue weighted by atomic mass is 9.96. The Balaban J connectivity index is 1.73. The van der Waals surface area contributed by atoms with Crippen LogP contribution in [0, 0.1) is 13.8 Å². The van der Waals surface area contributed by atoms with Crippen LogP contribution in [0.25, 0.3) is 28.0 Å². The van der Waals surface area contributed by atoms with E-state index in [0.29, 0.717) is 6.42 Å². The van der Waals surface area contributed by atoms with Crippen molar-refractivity contribution in [3.63, 3.8) is 0 Å². The zero-order valence-electron chi connectivity index (χ0n) is 15.3. The van der Waals surface area contributed by atoms with E-state index in [2.05, 4.69) is 59.4 Å². The molecule has 0 atom stereocenters. The van der Waals surface area contributed by atoms with E-state index in [4.69, 9.17) is 4.98 Å². The molecular weight excluding hydrogens is 334 g/mol. The molecule has 0 saturated heterocycles. The van der Waals surface area contributed by atoms with E-state index >= 15 is 0 Å². The molecule has 1 amide bonds. The Labute approximate surface area is 157 Å². The molecule has 0 radical (unpaired) electrons. The number of carbonyl (C=O) groups is 1. The number of hydrogen-bond donors (Lipinski definition) is 1. The van der Waals surface area contributed by atoms with Gasteiger partial charge in [-0.05, 0) is 54.3 Å². The van der Waals surface area contributed by atoms with Gasteiger partial charge in [0.1, 0.15) is 5.65 Å². The van der Waals surface area contributed by atoms with E-state index in [1.807, 2.05) is 25.1 Å². The summed E-state index contributed by atoms with van der Waals surface area (Å²) in [4.78, 5) is 16.8. The number of rotatable bonds is 2. The van der Waals surface area contributed by atoms with Crippen molar-refractivity contribution in [2.45, 2.75) is 20.3 Å². The minimum atomic E-state index is 0.0624. The molecule has 132 valence electrons. The number of benzene rings is 2. The molecule has 1 aliphatic heterocycles. The fourth-order valence-electron chi connectivity index (χ4n) is 3.93. The molecule has 2 aromatic heterocycles. The number of amides is 1. The van der Waals surface area contributed by atoms with Gasteiger partial charge in [-0.3, -0.25) is 4.79 Å². The van der Waals surface area contributed by atoms with Crippen molar-refractivity contribution in [1.29, 1.82) is 0 Å². The molecular formula is C23H19N3O. The van der Waals surface area contributed by atoms with Crippen molar-refractivity contribution < 1.29 is 4.79 Å². The van der Waals surface area contributed by atoms with Gasteiger partial charge in [-0.15, -0.1) is 0 Å². The van der Waals surface area contributed by atoms with Crippen molar-refractivity contribution in [1.82, 2.24) is 9.38 Å². The SMILES string of the molecule is Cc1cc(-c2c(C)ccn3cc(-c4ccccc4)nc23)cc2c1NC(=O)C2. The average molecular weight is 353 g/mol. The highest BCUT2D eigenvalue weighted by atomic mass is 16.1. The van der Waals surface area contributed by atoms with Gasteiger partial charge in [0.25, 0.3) is 0 Å². The smallest absolute Gasteiger partial charge is 0.228 e. The van der Waals surface area contributed by atoms with E-state index in [1.165, 1.54) is 5.56 Å². The Morgan fingerprint density at radius 1 is 1.00 bits per heavy atom. The molecule has 0 fully saturated rings. The Morgan fingerprint density at radius 3 is 2.63 bits per heavy atom. The number of aromatic nitrogens is 2. The molecule has 27 heavy (non-hydrogen) atoms. The van der Waals surface area contributed by atoms with Crippen LogP contribution in [0.15, 0.2) is 60.9 Å². The first-order valence-electron chi connectivity index (χ1n) is 9.07. The highest BCUT2D eigenvalue weighted by Gasteiger charge is 2.22. The molecule has 2 aromatic carbocycles. The van der Waals surface area contributed by atoms with Gasteiger partial charge in [0.15, 0.2) is 0 Å². The van der Waals surface area contributed by atoms with E-state index in [-0.39, 0.29) is 5.91 Å². The lowest BCUT2D eigenvalue weighted by Crippen LogP contribution is -2.04. The fourth-order valence-corrected chi connectivity index (χ4v) is 3.93. The molecule has 1 N–H and O–H groups in total. The third-order valence-corrected chi connectivity index (χ3v) is 5.23. The van der Waals surface area contributed by atoms with Crippen molar-refractivity contribution in [3.8, 4) is 22.4 Å². The van der Waals surface area contributed by atoms with Crippen LogP contribution in [0.2, 0.25) is 0 Å². The Kier molecular flexibility index (Phi) is 3.41. The number of imidazole rings is 1. The van der Waals surface area contributed by atoms with E-state index in [9.17, 15) is 4.79 Å². The zero-order chi connectivity index (χ0) is 18.5. The van der Waals surface area contributed by atoms with Gasteiger partial charge in [-0.2, -0.15) is 0 Å². The van der Waals surface area contributed by atoms with Gasteiger partial charge in [-0.25, -0.2) is 4.98 Å². The lowest BCUT2D eigenvalue weighted by Gasteiger charge is -2.12. The standard InChI is InChI=1S/C23H19N3O/c1-14-8-9-26-13-19(16-6-4-3-5-7-16)24-23(26)21(14)17-10-15(2)22-18(11-17)12-20(27)25-22/h3-11,13H,12H2,1-2H3,(H,25,27). The molecule has 4 heteroatoms. The number of nitrogens with zero attached hydrogens (tertiary/aromatic N) is 2. The van der Waals surface area contributed by atoms with Gasteiger partial charge in [0.2, 0.25) is 5.91 Å². The minimum absolute atomic E-state index is 0.0624. The van der Waals surface area contributed by atoms with Gasteiger partial charge >= 0.3 is 0 Å². The van der Waals surface area contributed by atoms with Crippen molar-refractivity contribution >= 4 is 17.2 Å². The maximum absolute atomic E-state index is 11.8. The second-order valence-electron chi connectivity index (χ2n) is 7.15. The molecule has 0 unspecified atom stereocenters. The summed E-state index contributed by atoms with van der Waals surface area (Å²) in [7, 11) is 0. The minimum Gasteiger partial charge on any atom is -0.325 e. The number of hydrogen-bond acceptors (Lipinski definition) is 2. The molecule has 3 heterocycles. The molecule has 5 rings (SSSR count). The van der Waals surface area contributed by atoms with Gasteiger partial charge in [0.05, 0.1) is 12.1 Å². The molecule has 0 bridgehead atoms. The highest BCUT2D eigenvalue weighted by molar-refractivity contribution is 6.01. The summed E-state index contributed by atoms with van der Waals surface area (Å²) >= 11 is 0. The van der Waals surface area contributed by atoms with Gasteiger partial charge < -0.3 is 9.72 Å². The largest absolute Gasteiger partial charge is 0.325 e. The maximum atomic E-state index is 11.8. The quantitative estimate of drug-likeness (QED) is 0.564. The summed E-state index contributed by atoms with van der Waals surface area (Å²) in [5.41, 5.74) is 9.50. The molecule has 0 aliphatic carbocycles. The van der Waals surface area contributed by atoms with Crippen molar-refractivity contribution in [2.75, 3.05) is 5.32 Å². The summed E-state index contributed by atoms with van der Waals surface area (Å²) in [5, 5.41) is 2.96. The van der Waals surface area contributed by atoms with Crippen LogP contribution < -0.4 is 5.32 Å². The topological polar surface area (TPSA) is 46.4 Å². The number of aryl methyl sites for hydroxylation is 2. The molecule has 4 aromatic rings. The summed E-state index contributed by atoms with van der Waals surface area (Å²) in [5.74, 6) is 0.0624. The fraction of sp³-hybridized carbons (Fsp3) is 0.130. The third kappa shape index (κ3) is 2.53. The molecule has 0 saturated carbocycles. The van der Waals surface area contributed by atoms with Crippen LogP contribution in [-0.2, 0) is 11.2 Å². The number of anilines is 1. The summed E-state index contributed by atoms with van der Waals surface area (Å²) in [6.45, 7) is 4.16. The number of fused-ring (bicyclic) bond motifs is 2. The Bertz CT molecular complexity index is 1210. The number of carbonyl (C=O) groups excluding carboxylic acids is 1. The molecule has 0 spiro atoms. The van der Waals surface area contributed by atoms with Crippen LogP contribution in [0.5, 0.6) is 0 Å². The third-order valence-electron chi connectivity index (χ3n) is 5.23. The first-order chi connectivity index (χ1) is 13.1. The lowest BCUT2D eigenvalue weighted by molar-refractivity contribution is -0.115. The van der Waals surface area contributed by atoms with Crippen LogP contribution >= 0.6 is 0 Å². The Hall–Kier alpha value is -3.40. The predicted octanol–water partition coefficient (Wildman–Crippen LogP) is 4.78. The number of pyridine rings is 1. The average Bonchev–Trinajstić information content (AvgIpc) is 3.25. The summed E-state index contributed by atoms with van der Waals surface area (Å²) < 4.78 is 2.08. The highest BCUT2D eigenvalue weighted by Crippen LogP contribution is 2.36. The van der Waals surface area contributed by atoms with Crippen LogP contribution in [0.3, 0.4) is 0 Å². The first kappa shape index (κ1) is 15.8. The molecule has 4 nitrogen and oxygen atoms in total. The van der Waals surface area contributed by atoms with E-state index < -0.39 is 0 Å². The summed E-state index contributed by atoms with van der Waals surface area (Å²) in [6.07, 6.45) is 4.56. The first-order valence-corrected chi connectivity index (χ1v) is 9.07. The van der Waals surface area contributed by atoms with Crippen LogP contribution in [0.1, 0.15) is 16.7 Å². The van der Waals surface area contributed by atoms with Gasteiger partial charge in [0, 0.05) is 29.2 Å². The van der Waals surface area contributed by atoms with E-state index in [1.54, 1.807) is 0 Å². The Morgan fingerprint density at radius 2 is 1.81 bits per heavy atom. The van der Waals surface area contributed by atoms with Crippen molar-refractivity contribution in [2.24, 2.45) is 0 Å². The van der Waals surface area contributed by atoms with Gasteiger partial charge in [-0.1, -0.05) is 30.3 Å². The van der Waals surface area contributed by atoms with Crippen molar-refractivity contribution in [3.05, 3.63) is 77.6 Å². The van der Waals surface area contributed by atoms with Crippen LogP contribution in [0.4, 0.5) is 5.69 Å². The zero-order valence-corrected chi connectivity index (χ0v) is 15.3. The van der Waals surface area contributed by atoms with Crippen LogP contribution in [-0.4, -0.2) is 15.3 Å². The monoisotopic (exact) mass is 353 g/mol. The predicted molar refractivity (Wildman–Crippen MR) is 108 cm³/mol. The second-order valence-corrected chi connectivity index (χ2v) is 7.15. The van der Waals surface area contributed by atoms with E-state index in [0.717, 1.165) is 44.8 Å². The molecule has 1 aliphatic rings. The second kappa shape index (κ2) is 5.81. The normalized spacial score (nSPS) is 13.0. The summed E-state index contributed by atoms with van der Waals surface area (Å²) in [6, 6.07) is 16.6. The maximum Gasteiger partial charge on any atom is 0.228 e.